The van der Waals surface area contributed by atoms with Crippen LogP contribution < -0.4 is 14.8 Å². The molecule has 0 atom stereocenters. The highest BCUT2D eigenvalue weighted by Gasteiger charge is 2.19. The van der Waals surface area contributed by atoms with E-state index in [1.54, 1.807) is 57.4 Å². The van der Waals surface area contributed by atoms with Crippen molar-refractivity contribution in [3.05, 3.63) is 71.1 Å². The Balaban J connectivity index is 1.54. The molecule has 0 spiro atoms. The van der Waals surface area contributed by atoms with Crippen LogP contribution in [0.25, 0.3) is 11.3 Å². The highest BCUT2D eigenvalue weighted by molar-refractivity contribution is 7.92. The summed E-state index contributed by atoms with van der Waals surface area (Å²) in [6.45, 7) is 3.46. The molecule has 4 rings (SSSR count). The van der Waals surface area contributed by atoms with Crippen molar-refractivity contribution in [1.82, 2.24) is 15.1 Å². The molecule has 0 saturated carbocycles. The van der Waals surface area contributed by atoms with Crippen molar-refractivity contribution in [3.63, 3.8) is 0 Å². The van der Waals surface area contributed by atoms with Gasteiger partial charge in [-0.3, -0.25) is 0 Å². The lowest BCUT2D eigenvalue weighted by Crippen LogP contribution is -2.13. The minimum absolute atomic E-state index is 0.0747. The molecule has 0 aliphatic rings. The van der Waals surface area contributed by atoms with Crippen LogP contribution in [0.1, 0.15) is 11.3 Å². The van der Waals surface area contributed by atoms with E-state index in [-0.39, 0.29) is 10.8 Å². The van der Waals surface area contributed by atoms with Gasteiger partial charge in [-0.05, 0) is 50.2 Å². The summed E-state index contributed by atoms with van der Waals surface area (Å²) in [5, 5.41) is 7.39. The van der Waals surface area contributed by atoms with Crippen molar-refractivity contribution in [3.8, 4) is 17.0 Å². The van der Waals surface area contributed by atoms with Crippen LogP contribution in [0.5, 0.6) is 5.75 Å². The lowest BCUT2D eigenvalue weighted by atomic mass is 10.1. The van der Waals surface area contributed by atoms with E-state index in [0.717, 1.165) is 0 Å². The van der Waals surface area contributed by atoms with Crippen LogP contribution in [0.2, 0.25) is 5.02 Å². The number of halogens is 1. The minimum atomic E-state index is -3.83. The van der Waals surface area contributed by atoms with Crippen LogP contribution >= 0.6 is 11.6 Å². The van der Waals surface area contributed by atoms with Crippen LogP contribution in [0.3, 0.4) is 0 Å². The largest absolute Gasteiger partial charge is 0.496 e. The van der Waals surface area contributed by atoms with Gasteiger partial charge in [0, 0.05) is 17.3 Å². The second-order valence-electron chi connectivity index (χ2n) is 7.08. The van der Waals surface area contributed by atoms with E-state index in [2.05, 4.69) is 25.2 Å². The molecule has 2 aromatic heterocycles. The number of benzene rings is 2. The van der Waals surface area contributed by atoms with Gasteiger partial charge < -0.3 is 14.6 Å². The number of methoxy groups -OCH3 is 1. The van der Waals surface area contributed by atoms with Crippen LogP contribution in [0.4, 0.5) is 17.4 Å². The molecule has 0 unspecified atom stereocenters. The number of hydrogen-bond acceptors (Lipinski definition) is 8. The Hall–Kier alpha value is -3.63. The van der Waals surface area contributed by atoms with Gasteiger partial charge in [0.25, 0.3) is 10.0 Å². The van der Waals surface area contributed by atoms with E-state index in [4.69, 9.17) is 20.9 Å². The van der Waals surface area contributed by atoms with E-state index in [1.807, 2.05) is 0 Å². The van der Waals surface area contributed by atoms with Crippen molar-refractivity contribution < 1.29 is 17.7 Å². The fourth-order valence-corrected chi connectivity index (χ4v) is 4.35. The number of rotatable bonds is 7. The fraction of sp³-hybridized carbons (Fsp3) is 0.136. The van der Waals surface area contributed by atoms with Crippen molar-refractivity contribution in [2.75, 3.05) is 17.1 Å². The first-order chi connectivity index (χ1) is 15.8. The molecule has 0 bridgehead atoms. The topological polar surface area (TPSA) is 119 Å². The number of anilines is 3. The minimum Gasteiger partial charge on any atom is -0.496 e. The maximum atomic E-state index is 12.7. The molecule has 2 N–H and O–H groups in total. The van der Waals surface area contributed by atoms with Crippen LogP contribution in [-0.2, 0) is 10.0 Å². The number of aryl methyl sites for hydroxylation is 1. The molecule has 0 saturated heterocycles. The van der Waals surface area contributed by atoms with Crippen LogP contribution in [-0.4, -0.2) is 30.7 Å². The third-order valence-electron chi connectivity index (χ3n) is 4.94. The van der Waals surface area contributed by atoms with E-state index in [0.29, 0.717) is 44.8 Å². The van der Waals surface area contributed by atoms with Gasteiger partial charge in [-0.1, -0.05) is 22.8 Å². The summed E-state index contributed by atoms with van der Waals surface area (Å²) >= 11 is 6.35. The SMILES string of the molecule is COc1cccc(Cl)c1-c1cc(Nc2ccc(S(=O)(=O)Nc3onc(C)c3C)cc2)ncn1. The molecule has 9 nitrogen and oxygen atoms in total. The Morgan fingerprint density at radius 2 is 1.82 bits per heavy atom. The van der Waals surface area contributed by atoms with Gasteiger partial charge in [-0.25, -0.2) is 23.1 Å². The van der Waals surface area contributed by atoms with Gasteiger partial charge in [0.1, 0.15) is 17.9 Å². The molecule has 0 aliphatic carbocycles. The summed E-state index contributed by atoms with van der Waals surface area (Å²) in [6, 6.07) is 13.3. The zero-order chi connectivity index (χ0) is 23.6. The van der Waals surface area contributed by atoms with E-state index in [1.165, 1.54) is 18.5 Å². The Morgan fingerprint density at radius 3 is 2.48 bits per heavy atom. The van der Waals surface area contributed by atoms with Crippen LogP contribution in [0.15, 0.2) is 64.3 Å². The first-order valence-electron chi connectivity index (χ1n) is 9.76. The highest BCUT2D eigenvalue weighted by Crippen LogP contribution is 2.36. The van der Waals surface area contributed by atoms with E-state index >= 15 is 0 Å². The monoisotopic (exact) mass is 485 g/mol. The smallest absolute Gasteiger partial charge is 0.264 e. The molecule has 2 aromatic carbocycles. The predicted octanol–water partition coefficient (Wildman–Crippen LogP) is 4.95. The third-order valence-corrected chi connectivity index (χ3v) is 6.60. The molecule has 33 heavy (non-hydrogen) atoms. The number of hydrogen-bond donors (Lipinski definition) is 2. The zero-order valence-corrected chi connectivity index (χ0v) is 19.5. The molecule has 0 amide bonds. The molecule has 0 aliphatic heterocycles. The van der Waals surface area contributed by atoms with Crippen molar-refractivity contribution in [2.45, 2.75) is 18.7 Å². The van der Waals surface area contributed by atoms with Gasteiger partial charge in [0.05, 0.1) is 34.0 Å². The summed E-state index contributed by atoms with van der Waals surface area (Å²) < 4.78 is 38.2. The molecule has 11 heteroatoms. The van der Waals surface area contributed by atoms with Gasteiger partial charge in [0.15, 0.2) is 0 Å². The Bertz CT molecular complexity index is 1400. The molecular formula is C22H20ClN5O4S. The van der Waals surface area contributed by atoms with Crippen molar-refractivity contribution in [2.24, 2.45) is 0 Å². The Morgan fingerprint density at radius 1 is 1.06 bits per heavy atom. The lowest BCUT2D eigenvalue weighted by molar-refractivity contribution is 0.416. The second kappa shape index (κ2) is 9.08. The van der Waals surface area contributed by atoms with Gasteiger partial charge in [-0.15, -0.1) is 0 Å². The molecule has 0 fully saturated rings. The molecule has 170 valence electrons. The average molecular weight is 486 g/mol. The third kappa shape index (κ3) is 4.76. The summed E-state index contributed by atoms with van der Waals surface area (Å²) in [6.07, 6.45) is 1.41. The van der Waals surface area contributed by atoms with Crippen molar-refractivity contribution >= 4 is 39.0 Å². The Labute approximate surface area is 195 Å². The van der Waals surface area contributed by atoms with E-state index < -0.39 is 10.0 Å². The van der Waals surface area contributed by atoms with Crippen LogP contribution in [0, 0.1) is 13.8 Å². The number of sulfonamides is 1. The maximum Gasteiger partial charge on any atom is 0.264 e. The van der Waals surface area contributed by atoms with Gasteiger partial charge >= 0.3 is 0 Å². The standard InChI is InChI=1S/C22H20ClN5O4S/c1-13-14(2)27-32-22(13)28-33(29,30)16-9-7-15(8-10-16)26-20-11-18(24-12-25-20)21-17(23)5-4-6-19(21)31-3/h4-12,28H,1-3H3,(H,24,25,26). The average Bonchev–Trinajstić information content (AvgIpc) is 3.11. The summed E-state index contributed by atoms with van der Waals surface area (Å²) in [4.78, 5) is 8.60. The number of aromatic nitrogens is 3. The molecular weight excluding hydrogens is 466 g/mol. The Kier molecular flexibility index (Phi) is 6.21. The number of ether oxygens (including phenoxy) is 1. The maximum absolute atomic E-state index is 12.7. The normalized spacial score (nSPS) is 11.3. The summed E-state index contributed by atoms with van der Waals surface area (Å²) in [5.41, 5.74) is 3.11. The van der Waals surface area contributed by atoms with Gasteiger partial charge in [-0.2, -0.15) is 0 Å². The zero-order valence-electron chi connectivity index (χ0n) is 18.0. The second-order valence-corrected chi connectivity index (χ2v) is 9.17. The fourth-order valence-electron chi connectivity index (χ4n) is 3.04. The highest BCUT2D eigenvalue weighted by atomic mass is 35.5. The van der Waals surface area contributed by atoms with E-state index in [9.17, 15) is 8.42 Å². The summed E-state index contributed by atoms with van der Waals surface area (Å²) in [5.74, 6) is 1.19. The quantitative estimate of drug-likeness (QED) is 0.377. The number of nitrogens with zero attached hydrogens (tertiary/aromatic N) is 3. The lowest BCUT2D eigenvalue weighted by Gasteiger charge is -2.12. The number of nitrogens with one attached hydrogen (secondary N) is 2. The van der Waals surface area contributed by atoms with Crippen molar-refractivity contribution in [1.29, 1.82) is 0 Å². The van der Waals surface area contributed by atoms with Gasteiger partial charge in [0.2, 0.25) is 5.88 Å². The molecule has 4 aromatic rings. The predicted molar refractivity (Wildman–Crippen MR) is 126 cm³/mol. The molecule has 2 heterocycles. The summed E-state index contributed by atoms with van der Waals surface area (Å²) in [7, 11) is -2.27. The first-order valence-corrected chi connectivity index (χ1v) is 11.6. The first kappa shape index (κ1) is 22.6. The molecule has 0 radical (unpaired) electrons.